The maximum atomic E-state index is 11.1. The highest BCUT2D eigenvalue weighted by molar-refractivity contribution is 9.10. The van der Waals surface area contributed by atoms with E-state index in [9.17, 15) is 4.79 Å². The third kappa shape index (κ3) is 3.24. The molecule has 1 aromatic heterocycles. The van der Waals surface area contributed by atoms with E-state index in [0.29, 0.717) is 29.9 Å². The number of rotatable bonds is 3. The van der Waals surface area contributed by atoms with Crippen molar-refractivity contribution in [1.29, 1.82) is 0 Å². The first-order valence-corrected chi connectivity index (χ1v) is 6.14. The lowest BCUT2D eigenvalue weighted by Gasteiger charge is -2.26. The lowest BCUT2D eigenvalue weighted by Crippen LogP contribution is -2.36. The number of carboxylic acids is 1. The molecule has 5 nitrogen and oxygen atoms in total. The average molecular weight is 301 g/mol. The van der Waals surface area contributed by atoms with Crippen LogP contribution in [-0.2, 0) is 11.3 Å². The summed E-state index contributed by atoms with van der Waals surface area (Å²) >= 11 is 3.23. The van der Waals surface area contributed by atoms with Gasteiger partial charge in [0.05, 0.1) is 24.5 Å². The van der Waals surface area contributed by atoms with Gasteiger partial charge in [-0.3, -0.25) is 9.88 Å². The zero-order chi connectivity index (χ0) is 12.3. The number of pyridine rings is 1. The van der Waals surface area contributed by atoms with Crippen molar-refractivity contribution in [3.8, 4) is 0 Å². The Balaban J connectivity index is 2.16. The minimum atomic E-state index is -0.943. The Kier molecular flexibility index (Phi) is 4.09. The molecule has 17 heavy (non-hydrogen) atoms. The van der Waals surface area contributed by atoms with Crippen LogP contribution in [0.5, 0.6) is 0 Å². The summed E-state index contributed by atoms with van der Waals surface area (Å²) in [7, 11) is 0. The SMILES string of the molecule is O=C(O)c1cc(Br)cnc1CN1CCOCC1. The minimum absolute atomic E-state index is 0.255. The first-order valence-electron chi connectivity index (χ1n) is 5.34. The summed E-state index contributed by atoms with van der Waals surface area (Å²) in [6.07, 6.45) is 1.63. The van der Waals surface area contributed by atoms with Crippen molar-refractivity contribution < 1.29 is 14.6 Å². The van der Waals surface area contributed by atoms with E-state index in [0.717, 1.165) is 13.1 Å². The molecular weight excluding hydrogens is 288 g/mol. The Bertz CT molecular complexity index is 419. The van der Waals surface area contributed by atoms with Gasteiger partial charge in [0.25, 0.3) is 0 Å². The molecule has 0 saturated carbocycles. The van der Waals surface area contributed by atoms with Crippen molar-refractivity contribution in [2.45, 2.75) is 6.54 Å². The van der Waals surface area contributed by atoms with Gasteiger partial charge < -0.3 is 9.84 Å². The van der Waals surface area contributed by atoms with Crippen molar-refractivity contribution in [3.63, 3.8) is 0 Å². The topological polar surface area (TPSA) is 62.7 Å². The molecule has 1 saturated heterocycles. The minimum Gasteiger partial charge on any atom is -0.478 e. The zero-order valence-corrected chi connectivity index (χ0v) is 10.8. The first kappa shape index (κ1) is 12.5. The number of hydrogen-bond donors (Lipinski definition) is 1. The van der Waals surface area contributed by atoms with Gasteiger partial charge in [0.2, 0.25) is 0 Å². The van der Waals surface area contributed by atoms with E-state index in [1.807, 2.05) is 0 Å². The van der Waals surface area contributed by atoms with Crippen LogP contribution in [0.2, 0.25) is 0 Å². The van der Waals surface area contributed by atoms with Crippen LogP contribution in [0.4, 0.5) is 0 Å². The predicted molar refractivity (Wildman–Crippen MR) is 65.0 cm³/mol. The largest absolute Gasteiger partial charge is 0.478 e. The molecule has 92 valence electrons. The second-order valence-electron chi connectivity index (χ2n) is 3.84. The Morgan fingerprint density at radius 1 is 1.53 bits per heavy atom. The van der Waals surface area contributed by atoms with E-state index in [4.69, 9.17) is 9.84 Å². The van der Waals surface area contributed by atoms with Gasteiger partial charge in [-0.15, -0.1) is 0 Å². The van der Waals surface area contributed by atoms with E-state index in [-0.39, 0.29) is 5.56 Å². The molecule has 0 amide bonds. The lowest BCUT2D eigenvalue weighted by molar-refractivity contribution is 0.0333. The third-order valence-electron chi connectivity index (χ3n) is 2.64. The fraction of sp³-hybridized carbons (Fsp3) is 0.455. The zero-order valence-electron chi connectivity index (χ0n) is 9.23. The van der Waals surface area contributed by atoms with Crippen molar-refractivity contribution in [2.24, 2.45) is 0 Å². The van der Waals surface area contributed by atoms with Crippen molar-refractivity contribution >= 4 is 21.9 Å². The van der Waals surface area contributed by atoms with E-state index >= 15 is 0 Å². The average Bonchev–Trinajstić information content (AvgIpc) is 2.32. The van der Waals surface area contributed by atoms with Gasteiger partial charge in [-0.2, -0.15) is 0 Å². The number of carboxylic acid groups (broad SMARTS) is 1. The summed E-state index contributed by atoms with van der Waals surface area (Å²) in [4.78, 5) is 17.4. The van der Waals surface area contributed by atoms with Gasteiger partial charge in [-0.25, -0.2) is 4.79 Å². The number of ether oxygens (including phenoxy) is 1. The highest BCUT2D eigenvalue weighted by Crippen LogP contribution is 2.16. The normalized spacial score (nSPS) is 17.0. The fourth-order valence-electron chi connectivity index (χ4n) is 1.75. The summed E-state index contributed by atoms with van der Waals surface area (Å²) in [6, 6.07) is 1.59. The number of halogens is 1. The van der Waals surface area contributed by atoms with Crippen LogP contribution in [0.3, 0.4) is 0 Å². The molecular formula is C11H13BrN2O3. The maximum Gasteiger partial charge on any atom is 0.337 e. The number of aromatic carboxylic acids is 1. The number of aromatic nitrogens is 1. The molecule has 1 aromatic rings. The van der Waals surface area contributed by atoms with Crippen molar-refractivity contribution in [3.05, 3.63) is 28.0 Å². The molecule has 1 fully saturated rings. The van der Waals surface area contributed by atoms with E-state index in [1.54, 1.807) is 12.3 Å². The second kappa shape index (κ2) is 5.57. The van der Waals surface area contributed by atoms with E-state index < -0.39 is 5.97 Å². The molecule has 2 heterocycles. The molecule has 2 rings (SSSR count). The van der Waals surface area contributed by atoms with E-state index in [2.05, 4.69) is 25.8 Å². The van der Waals surface area contributed by atoms with Crippen molar-refractivity contribution in [2.75, 3.05) is 26.3 Å². The van der Waals surface area contributed by atoms with Gasteiger partial charge in [0.1, 0.15) is 0 Å². The summed E-state index contributed by atoms with van der Waals surface area (Å²) in [5, 5.41) is 9.12. The maximum absolute atomic E-state index is 11.1. The molecule has 1 aliphatic heterocycles. The molecule has 1 aliphatic rings. The highest BCUT2D eigenvalue weighted by atomic mass is 79.9. The monoisotopic (exact) mass is 300 g/mol. The Hall–Kier alpha value is -0.980. The fourth-order valence-corrected chi connectivity index (χ4v) is 2.08. The number of nitrogens with zero attached hydrogens (tertiary/aromatic N) is 2. The third-order valence-corrected chi connectivity index (χ3v) is 3.08. The lowest BCUT2D eigenvalue weighted by atomic mass is 10.2. The molecule has 0 aromatic carbocycles. The van der Waals surface area contributed by atoms with E-state index in [1.165, 1.54) is 0 Å². The number of carbonyl (C=O) groups is 1. The quantitative estimate of drug-likeness (QED) is 0.913. The Labute approximate surface area is 108 Å². The van der Waals surface area contributed by atoms with Crippen LogP contribution in [-0.4, -0.2) is 47.3 Å². The smallest absolute Gasteiger partial charge is 0.337 e. The second-order valence-corrected chi connectivity index (χ2v) is 4.76. The number of morpholine rings is 1. The highest BCUT2D eigenvalue weighted by Gasteiger charge is 2.17. The van der Waals surface area contributed by atoms with Gasteiger partial charge in [-0.1, -0.05) is 0 Å². The molecule has 0 atom stereocenters. The van der Waals surface area contributed by atoms with Gasteiger partial charge in [0, 0.05) is 30.3 Å². The molecule has 1 N–H and O–H groups in total. The van der Waals surface area contributed by atoms with Crippen LogP contribution in [0.1, 0.15) is 16.1 Å². The first-order chi connectivity index (χ1) is 8.16. The van der Waals surface area contributed by atoms with Crippen LogP contribution < -0.4 is 0 Å². The molecule has 0 spiro atoms. The molecule has 0 aliphatic carbocycles. The Morgan fingerprint density at radius 3 is 2.88 bits per heavy atom. The molecule has 6 heteroatoms. The standard InChI is InChI=1S/C11H13BrN2O3/c12-8-5-9(11(15)16)10(13-6-8)7-14-1-3-17-4-2-14/h5-6H,1-4,7H2,(H,15,16). The predicted octanol–water partition coefficient (Wildman–Crippen LogP) is 1.37. The summed E-state index contributed by atoms with van der Waals surface area (Å²) in [5.74, 6) is -0.943. The summed E-state index contributed by atoms with van der Waals surface area (Å²) in [5.41, 5.74) is 0.855. The van der Waals surface area contributed by atoms with Crippen LogP contribution >= 0.6 is 15.9 Å². The molecule has 0 radical (unpaired) electrons. The summed E-state index contributed by atoms with van der Waals surface area (Å²) < 4.78 is 5.93. The Morgan fingerprint density at radius 2 is 2.24 bits per heavy atom. The molecule has 0 bridgehead atoms. The van der Waals surface area contributed by atoms with Crippen molar-refractivity contribution in [1.82, 2.24) is 9.88 Å². The van der Waals surface area contributed by atoms with Gasteiger partial charge in [0.15, 0.2) is 0 Å². The van der Waals surface area contributed by atoms with Gasteiger partial charge in [-0.05, 0) is 22.0 Å². The molecule has 0 unspecified atom stereocenters. The van der Waals surface area contributed by atoms with Crippen LogP contribution in [0.25, 0.3) is 0 Å². The van der Waals surface area contributed by atoms with Gasteiger partial charge >= 0.3 is 5.97 Å². The number of hydrogen-bond acceptors (Lipinski definition) is 4. The summed E-state index contributed by atoms with van der Waals surface area (Å²) in [6.45, 7) is 3.57. The van der Waals surface area contributed by atoms with Crippen LogP contribution in [0.15, 0.2) is 16.7 Å². The van der Waals surface area contributed by atoms with Crippen LogP contribution in [0, 0.1) is 0 Å².